The van der Waals surface area contributed by atoms with Crippen LogP contribution in [0, 0.1) is 0 Å². The Balaban J connectivity index is 2.91. The number of nitrogens with one attached hydrogen (secondary N) is 2. The average Bonchev–Trinajstić information content (AvgIpc) is 2.52. The first-order chi connectivity index (χ1) is 12.0. The second kappa shape index (κ2) is 8.02. The number of rotatable bonds is 8. The molecule has 0 heterocycles. The molecular weight excluding hydrogens is 443 g/mol. The van der Waals surface area contributed by atoms with Gasteiger partial charge >= 0.3 is 23.3 Å². The van der Waals surface area contributed by atoms with Crippen molar-refractivity contribution >= 4 is 21.0 Å². The van der Waals surface area contributed by atoms with Crippen LogP contribution in [0.15, 0.2) is 0 Å². The van der Waals surface area contributed by atoms with Crippen LogP contribution in [-0.4, -0.2) is 47.8 Å². The van der Waals surface area contributed by atoms with Crippen LogP contribution in [0.4, 0.5) is 39.5 Å². The summed E-state index contributed by atoms with van der Waals surface area (Å²) in [4.78, 5) is 0. The average molecular weight is 458 g/mol. The van der Waals surface area contributed by atoms with E-state index >= 15 is 0 Å². The van der Waals surface area contributed by atoms with Crippen LogP contribution in [0.5, 0.6) is 0 Å². The van der Waals surface area contributed by atoms with E-state index in [9.17, 15) is 52.1 Å². The van der Waals surface area contributed by atoms with Gasteiger partial charge in [-0.05, 0) is 12.8 Å². The topological polar surface area (TPSA) is 75.3 Å². The summed E-state index contributed by atoms with van der Waals surface area (Å²) in [5, 5.41) is -4.40. The van der Waals surface area contributed by atoms with Crippen molar-refractivity contribution in [1.29, 1.82) is 0 Å². The van der Waals surface area contributed by atoms with E-state index in [1.54, 1.807) is 0 Å². The third-order valence-corrected chi connectivity index (χ3v) is 6.75. The minimum Gasteiger partial charge on any atom is -0.302 e. The van der Waals surface area contributed by atoms with Crippen LogP contribution >= 0.6 is 0 Å². The lowest BCUT2D eigenvalue weighted by Gasteiger charge is -2.32. The molecule has 0 aromatic heterocycles. The molecule has 162 valence electrons. The van der Waals surface area contributed by atoms with Crippen molar-refractivity contribution in [1.82, 2.24) is 9.44 Å². The third-order valence-electron chi connectivity index (χ3n) is 3.76. The summed E-state index contributed by atoms with van der Waals surface area (Å²) in [5.74, 6) is -15.5. The molecule has 0 amide bonds. The predicted molar refractivity (Wildman–Crippen MR) is 76.0 cm³/mol. The van der Waals surface area contributed by atoms with E-state index in [4.69, 9.17) is 0 Å². The van der Waals surface area contributed by atoms with Gasteiger partial charge in [-0.3, -0.25) is 0 Å². The number of halogens is 9. The van der Waals surface area contributed by atoms with Crippen molar-refractivity contribution < 1.29 is 52.1 Å². The van der Waals surface area contributed by atoms with Crippen molar-refractivity contribution in [2.45, 2.75) is 61.4 Å². The lowest BCUT2D eigenvalue weighted by atomic mass is 9.96. The van der Waals surface area contributed by atoms with Crippen molar-refractivity contribution in [3.63, 3.8) is 0 Å². The van der Waals surface area contributed by atoms with E-state index in [-0.39, 0.29) is 6.04 Å². The lowest BCUT2D eigenvalue weighted by molar-refractivity contribution is -0.382. The summed E-state index contributed by atoms with van der Waals surface area (Å²) < 4.78 is 149. The Kier molecular flexibility index (Phi) is 7.26. The fraction of sp³-hybridized carbons (Fsp3) is 1.00. The Morgan fingerprint density at radius 3 is 1.78 bits per heavy atom. The summed E-state index contributed by atoms with van der Waals surface area (Å²) >= 11 is 0. The summed E-state index contributed by atoms with van der Waals surface area (Å²) in [6.45, 7) is 0. The third kappa shape index (κ3) is 4.87. The molecule has 0 bridgehead atoms. The summed E-state index contributed by atoms with van der Waals surface area (Å²) in [6.07, 6.45) is -3.55. The van der Waals surface area contributed by atoms with E-state index in [1.807, 2.05) is 0 Å². The zero-order valence-electron chi connectivity index (χ0n) is 13.3. The van der Waals surface area contributed by atoms with Gasteiger partial charge in [-0.2, -0.15) is 39.5 Å². The zero-order chi connectivity index (χ0) is 21.3. The highest BCUT2D eigenvalue weighted by atomic mass is 32.3. The first-order valence-corrected chi connectivity index (χ1v) is 10.1. The molecule has 1 atom stereocenters. The van der Waals surface area contributed by atoms with E-state index < -0.39 is 50.2 Å². The molecule has 0 radical (unpaired) electrons. The molecule has 1 fully saturated rings. The number of hydrogen-bond donors (Lipinski definition) is 2. The molecular formula is C11H15F9N2O3S2. The maximum atomic E-state index is 13.4. The molecule has 0 saturated heterocycles. The fourth-order valence-electron chi connectivity index (χ4n) is 2.23. The van der Waals surface area contributed by atoms with Crippen LogP contribution < -0.4 is 9.44 Å². The minimum atomic E-state index is -7.36. The van der Waals surface area contributed by atoms with Crippen molar-refractivity contribution in [3.8, 4) is 0 Å². The Morgan fingerprint density at radius 1 is 0.852 bits per heavy atom. The lowest BCUT2D eigenvalue weighted by Crippen LogP contribution is -2.65. The Labute approximate surface area is 150 Å². The maximum absolute atomic E-state index is 13.4. The second-order valence-electron chi connectivity index (χ2n) is 5.78. The van der Waals surface area contributed by atoms with Gasteiger partial charge in [-0.15, -0.1) is 4.13 Å². The summed E-state index contributed by atoms with van der Waals surface area (Å²) in [7, 11) is -9.88. The highest BCUT2D eigenvalue weighted by Gasteiger charge is 2.85. The monoisotopic (exact) mass is 458 g/mol. The Bertz CT molecular complexity index is 646. The number of hydrogen-bond acceptors (Lipinski definition) is 4. The standard InChI is InChI=1S/C11H15F9N2O3S2/c12-8(13,10(16,17)18)9(14,15)11(19,20)27(24,25)22-26(23)6-21-7-4-2-1-3-5-7/h7,21-22H,1-6H2. The van der Waals surface area contributed by atoms with Crippen molar-refractivity contribution in [2.75, 3.05) is 5.88 Å². The van der Waals surface area contributed by atoms with Crippen LogP contribution in [0.1, 0.15) is 32.1 Å². The van der Waals surface area contributed by atoms with Gasteiger partial charge in [-0.1, -0.05) is 19.3 Å². The van der Waals surface area contributed by atoms with Gasteiger partial charge in [-0.25, -0.2) is 12.6 Å². The Hall–Kier alpha value is -0.610. The first-order valence-electron chi connectivity index (χ1n) is 7.31. The van der Waals surface area contributed by atoms with Gasteiger partial charge < -0.3 is 5.32 Å². The van der Waals surface area contributed by atoms with E-state index in [1.165, 1.54) is 0 Å². The molecule has 1 unspecified atom stereocenters. The molecule has 27 heavy (non-hydrogen) atoms. The van der Waals surface area contributed by atoms with Crippen molar-refractivity contribution in [3.05, 3.63) is 0 Å². The highest BCUT2D eigenvalue weighted by Crippen LogP contribution is 2.54. The number of sulfonamides is 1. The van der Waals surface area contributed by atoms with Crippen LogP contribution in [0.25, 0.3) is 0 Å². The van der Waals surface area contributed by atoms with Crippen LogP contribution in [0.2, 0.25) is 0 Å². The SMILES string of the molecule is O=S(CNC1CCCCC1)NS(=O)(=O)C(F)(F)C(F)(F)C(F)(F)C(F)(F)F. The zero-order valence-corrected chi connectivity index (χ0v) is 14.9. The highest BCUT2D eigenvalue weighted by molar-refractivity contribution is 8.02. The van der Waals surface area contributed by atoms with E-state index in [0.29, 0.717) is 17.0 Å². The van der Waals surface area contributed by atoms with E-state index in [0.717, 1.165) is 19.3 Å². The minimum absolute atomic E-state index is 0.260. The number of alkyl halides is 9. The molecule has 0 spiro atoms. The summed E-state index contributed by atoms with van der Waals surface area (Å²) in [5.41, 5.74) is 0. The quantitative estimate of drug-likeness (QED) is 0.549. The van der Waals surface area contributed by atoms with Gasteiger partial charge in [0.15, 0.2) is 0 Å². The smallest absolute Gasteiger partial charge is 0.302 e. The molecule has 0 aromatic rings. The Morgan fingerprint density at radius 2 is 1.33 bits per heavy atom. The van der Waals surface area contributed by atoms with Gasteiger partial charge in [0.1, 0.15) is 11.0 Å². The predicted octanol–water partition coefficient (Wildman–Crippen LogP) is 2.88. The molecule has 0 aromatic carbocycles. The molecule has 1 aliphatic rings. The van der Waals surface area contributed by atoms with Gasteiger partial charge in [0, 0.05) is 6.04 Å². The molecule has 2 N–H and O–H groups in total. The second-order valence-corrected chi connectivity index (χ2v) is 8.94. The van der Waals surface area contributed by atoms with Gasteiger partial charge in [0.2, 0.25) is 0 Å². The first kappa shape index (κ1) is 24.4. The maximum Gasteiger partial charge on any atom is 0.460 e. The molecule has 1 saturated carbocycles. The van der Waals surface area contributed by atoms with Crippen molar-refractivity contribution in [2.24, 2.45) is 0 Å². The van der Waals surface area contributed by atoms with E-state index in [2.05, 4.69) is 5.32 Å². The fourth-order valence-corrected chi connectivity index (χ4v) is 4.72. The molecule has 0 aliphatic heterocycles. The molecule has 5 nitrogen and oxygen atoms in total. The molecule has 1 aliphatic carbocycles. The van der Waals surface area contributed by atoms with Crippen LogP contribution in [-0.2, 0) is 21.0 Å². The summed E-state index contributed by atoms with van der Waals surface area (Å²) in [6, 6.07) is -0.260. The molecule has 1 rings (SSSR count). The largest absolute Gasteiger partial charge is 0.460 e. The van der Waals surface area contributed by atoms with Gasteiger partial charge in [0.25, 0.3) is 10.0 Å². The van der Waals surface area contributed by atoms with Crippen LogP contribution in [0.3, 0.4) is 0 Å². The normalized spacial score (nSPS) is 19.9. The molecule has 16 heteroatoms. The van der Waals surface area contributed by atoms with Gasteiger partial charge in [0.05, 0.1) is 5.88 Å².